The molecule has 17 heavy (non-hydrogen) atoms. The van der Waals surface area contributed by atoms with E-state index < -0.39 is 11.8 Å². The third-order valence-corrected chi connectivity index (χ3v) is 1.89. The third kappa shape index (κ3) is 3.50. The summed E-state index contributed by atoms with van der Waals surface area (Å²) in [6.45, 7) is -0.210. The first-order chi connectivity index (χ1) is 8.19. The number of anilines is 1. The van der Waals surface area contributed by atoms with Crippen LogP contribution in [0.4, 0.5) is 5.69 Å². The maximum Gasteiger partial charge on any atom is 0.313 e. The van der Waals surface area contributed by atoms with Crippen LogP contribution in [-0.2, 0) is 9.59 Å². The lowest BCUT2D eigenvalue weighted by Crippen LogP contribution is -2.35. The number of amides is 2. The van der Waals surface area contributed by atoms with Crippen LogP contribution in [0.3, 0.4) is 0 Å². The molecule has 0 spiro atoms. The van der Waals surface area contributed by atoms with Gasteiger partial charge in [0.1, 0.15) is 12.3 Å². The number of carbonyl (C=O) groups is 2. The first-order valence-corrected chi connectivity index (χ1v) is 4.78. The fourth-order valence-corrected chi connectivity index (χ4v) is 1.13. The van der Waals surface area contributed by atoms with Gasteiger partial charge in [-0.05, 0) is 12.1 Å². The minimum atomic E-state index is -0.863. The van der Waals surface area contributed by atoms with Crippen LogP contribution in [0.15, 0.2) is 24.3 Å². The second-order valence-electron chi connectivity index (χ2n) is 3.00. The molecule has 0 saturated heterocycles. The Labute approximate surface area is 98.2 Å². The van der Waals surface area contributed by atoms with Gasteiger partial charge in [0.2, 0.25) is 0 Å². The highest BCUT2D eigenvalue weighted by Gasteiger charge is 2.14. The Kier molecular flexibility index (Phi) is 4.51. The van der Waals surface area contributed by atoms with Crippen molar-refractivity contribution in [1.29, 1.82) is 5.26 Å². The average Bonchev–Trinajstić information content (AvgIpc) is 2.36. The van der Waals surface area contributed by atoms with Crippen LogP contribution in [0.5, 0.6) is 5.75 Å². The van der Waals surface area contributed by atoms with Crippen molar-refractivity contribution in [2.75, 3.05) is 19.0 Å². The fraction of sp³-hybridized carbons (Fsp3) is 0.182. The molecular formula is C11H11N3O3. The lowest BCUT2D eigenvalue weighted by Gasteiger charge is -2.08. The van der Waals surface area contributed by atoms with Crippen LogP contribution < -0.4 is 15.4 Å². The molecule has 0 unspecified atom stereocenters. The zero-order chi connectivity index (χ0) is 12.7. The number of carbonyl (C=O) groups excluding carboxylic acids is 2. The van der Waals surface area contributed by atoms with Gasteiger partial charge in [-0.1, -0.05) is 12.1 Å². The molecule has 1 rings (SSSR count). The maximum absolute atomic E-state index is 11.4. The van der Waals surface area contributed by atoms with Crippen LogP contribution >= 0.6 is 0 Å². The second kappa shape index (κ2) is 6.12. The van der Waals surface area contributed by atoms with Crippen LogP contribution in [0.2, 0.25) is 0 Å². The maximum atomic E-state index is 11.4. The van der Waals surface area contributed by atoms with Crippen molar-refractivity contribution >= 4 is 17.5 Å². The van der Waals surface area contributed by atoms with Crippen molar-refractivity contribution in [3.05, 3.63) is 24.3 Å². The zero-order valence-electron chi connectivity index (χ0n) is 9.19. The summed E-state index contributed by atoms with van der Waals surface area (Å²) in [5.41, 5.74) is 0.395. The molecule has 0 aliphatic carbocycles. The Morgan fingerprint density at radius 3 is 2.71 bits per heavy atom. The number of nitriles is 1. The molecule has 2 amide bonds. The van der Waals surface area contributed by atoms with Crippen molar-refractivity contribution in [1.82, 2.24) is 5.32 Å². The quantitative estimate of drug-likeness (QED) is 0.579. The van der Waals surface area contributed by atoms with Crippen molar-refractivity contribution in [3.8, 4) is 11.8 Å². The van der Waals surface area contributed by atoms with Crippen LogP contribution in [0, 0.1) is 11.3 Å². The monoisotopic (exact) mass is 233 g/mol. The molecule has 6 heteroatoms. The normalized spacial score (nSPS) is 8.94. The van der Waals surface area contributed by atoms with E-state index in [2.05, 4.69) is 10.6 Å². The molecule has 0 atom stereocenters. The number of para-hydroxylation sites is 2. The zero-order valence-corrected chi connectivity index (χ0v) is 9.19. The van der Waals surface area contributed by atoms with Gasteiger partial charge in [-0.25, -0.2) is 0 Å². The van der Waals surface area contributed by atoms with Gasteiger partial charge in [-0.3, -0.25) is 9.59 Å². The number of hydrogen-bond acceptors (Lipinski definition) is 4. The van der Waals surface area contributed by atoms with Crippen molar-refractivity contribution in [3.63, 3.8) is 0 Å². The molecular weight excluding hydrogens is 222 g/mol. The van der Waals surface area contributed by atoms with E-state index in [9.17, 15) is 9.59 Å². The van der Waals surface area contributed by atoms with Gasteiger partial charge in [-0.15, -0.1) is 0 Å². The van der Waals surface area contributed by atoms with Crippen LogP contribution in [0.1, 0.15) is 0 Å². The van der Waals surface area contributed by atoms with Gasteiger partial charge in [0.05, 0.1) is 18.9 Å². The minimum absolute atomic E-state index is 0.210. The van der Waals surface area contributed by atoms with E-state index in [0.29, 0.717) is 11.4 Å². The first-order valence-electron chi connectivity index (χ1n) is 4.78. The average molecular weight is 233 g/mol. The molecule has 6 nitrogen and oxygen atoms in total. The van der Waals surface area contributed by atoms with Crippen LogP contribution in [0.25, 0.3) is 0 Å². The smallest absolute Gasteiger partial charge is 0.313 e. The van der Waals surface area contributed by atoms with E-state index in [4.69, 9.17) is 10.00 Å². The Morgan fingerprint density at radius 1 is 1.35 bits per heavy atom. The summed E-state index contributed by atoms with van der Waals surface area (Å²) in [7, 11) is 1.46. The second-order valence-corrected chi connectivity index (χ2v) is 3.00. The summed E-state index contributed by atoms with van der Waals surface area (Å²) >= 11 is 0. The minimum Gasteiger partial charge on any atom is -0.495 e. The number of nitrogens with one attached hydrogen (secondary N) is 2. The summed E-state index contributed by atoms with van der Waals surface area (Å²) in [6.07, 6.45) is 0. The lowest BCUT2D eigenvalue weighted by atomic mass is 10.3. The lowest BCUT2D eigenvalue weighted by molar-refractivity contribution is -0.136. The van der Waals surface area contributed by atoms with Gasteiger partial charge in [-0.2, -0.15) is 5.26 Å². The Morgan fingerprint density at radius 2 is 2.06 bits per heavy atom. The molecule has 0 fully saturated rings. The highest BCUT2D eigenvalue weighted by molar-refractivity contribution is 6.39. The van der Waals surface area contributed by atoms with Crippen molar-refractivity contribution < 1.29 is 14.3 Å². The molecule has 0 aliphatic heterocycles. The van der Waals surface area contributed by atoms with Gasteiger partial charge in [0.25, 0.3) is 0 Å². The van der Waals surface area contributed by atoms with E-state index in [0.717, 1.165) is 0 Å². The summed E-state index contributed by atoms with van der Waals surface area (Å²) < 4.78 is 5.01. The van der Waals surface area contributed by atoms with E-state index in [1.807, 2.05) is 0 Å². The summed E-state index contributed by atoms with van der Waals surface area (Å²) in [5, 5.41) is 12.8. The third-order valence-electron chi connectivity index (χ3n) is 1.89. The molecule has 1 aromatic rings. The highest BCUT2D eigenvalue weighted by Crippen LogP contribution is 2.22. The Bertz CT molecular complexity index is 465. The predicted molar refractivity (Wildman–Crippen MR) is 60.2 cm³/mol. The molecule has 0 aromatic heterocycles. The van der Waals surface area contributed by atoms with E-state index in [-0.39, 0.29) is 6.54 Å². The summed E-state index contributed by atoms with van der Waals surface area (Å²) in [4.78, 5) is 22.6. The van der Waals surface area contributed by atoms with Crippen molar-refractivity contribution in [2.24, 2.45) is 0 Å². The standard InChI is InChI=1S/C11H11N3O3/c1-17-9-5-3-2-4-8(9)14-11(16)10(15)13-7-6-12/h2-5H,7H2,1H3,(H,13,15)(H,14,16). The van der Waals surface area contributed by atoms with E-state index >= 15 is 0 Å². The largest absolute Gasteiger partial charge is 0.495 e. The number of ether oxygens (including phenoxy) is 1. The molecule has 0 bridgehead atoms. The Balaban J connectivity index is 2.68. The van der Waals surface area contributed by atoms with Gasteiger partial charge in [0, 0.05) is 0 Å². The number of nitrogens with zero attached hydrogens (tertiary/aromatic N) is 1. The van der Waals surface area contributed by atoms with E-state index in [1.165, 1.54) is 7.11 Å². The number of hydrogen-bond donors (Lipinski definition) is 2. The van der Waals surface area contributed by atoms with Crippen molar-refractivity contribution in [2.45, 2.75) is 0 Å². The van der Waals surface area contributed by atoms with Gasteiger partial charge < -0.3 is 15.4 Å². The highest BCUT2D eigenvalue weighted by atomic mass is 16.5. The van der Waals surface area contributed by atoms with Gasteiger partial charge in [0.15, 0.2) is 0 Å². The molecule has 0 heterocycles. The number of benzene rings is 1. The summed E-state index contributed by atoms with van der Waals surface area (Å²) in [6, 6.07) is 8.40. The molecule has 0 aliphatic rings. The fourth-order valence-electron chi connectivity index (χ4n) is 1.13. The molecule has 2 N–H and O–H groups in total. The number of rotatable bonds is 3. The first kappa shape index (κ1) is 12.5. The Hall–Kier alpha value is -2.55. The molecule has 1 aromatic carbocycles. The molecule has 88 valence electrons. The van der Waals surface area contributed by atoms with Crippen LogP contribution in [-0.4, -0.2) is 25.5 Å². The summed E-state index contributed by atoms with van der Waals surface area (Å²) in [5.74, 6) is -1.25. The SMILES string of the molecule is COc1ccccc1NC(=O)C(=O)NCC#N. The van der Waals surface area contributed by atoms with Gasteiger partial charge >= 0.3 is 11.8 Å². The van der Waals surface area contributed by atoms with E-state index in [1.54, 1.807) is 30.3 Å². The number of methoxy groups -OCH3 is 1. The predicted octanol–water partition coefficient (Wildman–Crippen LogP) is 0.273. The molecule has 0 radical (unpaired) electrons. The topological polar surface area (TPSA) is 91.2 Å². The molecule has 0 saturated carbocycles.